The SMILES string of the molecule is COC[C@@H]1CCO[C@@H]1c1nc(Nc2ccccc2C(F)(F)F)n[nH]1. The number of anilines is 2. The van der Waals surface area contributed by atoms with E-state index in [2.05, 4.69) is 20.5 Å². The highest BCUT2D eigenvalue weighted by Crippen LogP contribution is 2.36. The second-order valence-electron chi connectivity index (χ2n) is 5.51. The van der Waals surface area contributed by atoms with Crippen LogP contribution in [0.15, 0.2) is 24.3 Å². The number of methoxy groups -OCH3 is 1. The molecular weight excluding hydrogens is 325 g/mol. The summed E-state index contributed by atoms with van der Waals surface area (Å²) in [6, 6.07) is 5.18. The summed E-state index contributed by atoms with van der Waals surface area (Å²) in [5.41, 5.74) is -0.873. The van der Waals surface area contributed by atoms with Gasteiger partial charge in [0.25, 0.3) is 0 Å². The molecule has 1 aromatic carbocycles. The molecule has 130 valence electrons. The van der Waals surface area contributed by atoms with E-state index < -0.39 is 11.7 Å². The highest BCUT2D eigenvalue weighted by Gasteiger charge is 2.34. The van der Waals surface area contributed by atoms with Crippen molar-refractivity contribution in [3.05, 3.63) is 35.7 Å². The van der Waals surface area contributed by atoms with E-state index in [1.807, 2.05) is 0 Å². The number of rotatable bonds is 5. The summed E-state index contributed by atoms with van der Waals surface area (Å²) < 4.78 is 49.8. The standard InChI is InChI=1S/C15H17F3N4O2/c1-23-8-9-6-7-24-12(9)13-20-14(22-21-13)19-11-5-3-2-4-10(11)15(16,17)18/h2-5,9,12H,6-8H2,1H3,(H2,19,20,21,22)/t9-,12-/m0/s1. The number of nitrogens with zero attached hydrogens (tertiary/aromatic N) is 2. The Kier molecular flexibility index (Phi) is 4.72. The molecule has 0 radical (unpaired) electrons. The minimum Gasteiger partial charge on any atom is -0.384 e. The van der Waals surface area contributed by atoms with Crippen molar-refractivity contribution in [1.29, 1.82) is 0 Å². The fraction of sp³-hybridized carbons (Fsp3) is 0.467. The minimum absolute atomic E-state index is 0.0633. The van der Waals surface area contributed by atoms with Gasteiger partial charge in [-0.15, -0.1) is 5.10 Å². The first-order valence-corrected chi connectivity index (χ1v) is 7.45. The van der Waals surface area contributed by atoms with Crippen molar-refractivity contribution in [3.8, 4) is 0 Å². The quantitative estimate of drug-likeness (QED) is 0.872. The monoisotopic (exact) mass is 342 g/mol. The first-order chi connectivity index (χ1) is 11.5. The van der Waals surface area contributed by atoms with Crippen molar-refractivity contribution in [1.82, 2.24) is 15.2 Å². The zero-order valence-electron chi connectivity index (χ0n) is 12.9. The number of aromatic amines is 1. The van der Waals surface area contributed by atoms with Crippen LogP contribution in [0.4, 0.5) is 24.8 Å². The van der Waals surface area contributed by atoms with Crippen LogP contribution in [0.2, 0.25) is 0 Å². The van der Waals surface area contributed by atoms with Gasteiger partial charge in [-0.1, -0.05) is 12.1 Å². The molecule has 0 amide bonds. The molecule has 2 N–H and O–H groups in total. The number of H-pyrrole nitrogens is 1. The van der Waals surface area contributed by atoms with Crippen LogP contribution in [-0.2, 0) is 15.7 Å². The molecule has 1 aliphatic rings. The number of aromatic nitrogens is 3. The molecule has 2 heterocycles. The zero-order valence-corrected chi connectivity index (χ0v) is 12.9. The number of hydrogen-bond donors (Lipinski definition) is 2. The molecular formula is C15H17F3N4O2. The summed E-state index contributed by atoms with van der Waals surface area (Å²) in [5.74, 6) is 0.674. The molecule has 0 unspecified atom stereocenters. The molecule has 3 rings (SSSR count). The number of ether oxygens (including phenoxy) is 2. The number of nitrogens with one attached hydrogen (secondary N) is 2. The van der Waals surface area contributed by atoms with Gasteiger partial charge >= 0.3 is 6.18 Å². The molecule has 6 nitrogen and oxygen atoms in total. The van der Waals surface area contributed by atoms with Gasteiger partial charge in [-0.2, -0.15) is 18.2 Å². The minimum atomic E-state index is -4.46. The number of hydrogen-bond acceptors (Lipinski definition) is 5. The van der Waals surface area contributed by atoms with Gasteiger partial charge in [-0.25, -0.2) is 0 Å². The maximum absolute atomic E-state index is 13.0. The Labute approximate surface area is 136 Å². The van der Waals surface area contributed by atoms with Gasteiger partial charge in [-0.3, -0.25) is 5.10 Å². The van der Waals surface area contributed by atoms with Gasteiger partial charge in [0.15, 0.2) is 5.82 Å². The van der Waals surface area contributed by atoms with E-state index in [9.17, 15) is 13.2 Å². The van der Waals surface area contributed by atoms with Gasteiger partial charge in [0.1, 0.15) is 6.10 Å². The summed E-state index contributed by atoms with van der Waals surface area (Å²) in [7, 11) is 1.61. The van der Waals surface area contributed by atoms with Crippen LogP contribution in [0, 0.1) is 5.92 Å². The number of benzene rings is 1. The Bertz CT molecular complexity index is 689. The van der Waals surface area contributed by atoms with Crippen molar-refractivity contribution >= 4 is 11.6 Å². The molecule has 9 heteroatoms. The van der Waals surface area contributed by atoms with Crippen LogP contribution in [0.1, 0.15) is 23.9 Å². The zero-order chi connectivity index (χ0) is 17.2. The summed E-state index contributed by atoms with van der Waals surface area (Å²) in [6.45, 7) is 1.10. The molecule has 0 aliphatic carbocycles. The highest BCUT2D eigenvalue weighted by molar-refractivity contribution is 5.59. The third-order valence-electron chi connectivity index (χ3n) is 3.85. The van der Waals surface area contributed by atoms with E-state index >= 15 is 0 Å². The van der Waals surface area contributed by atoms with Crippen LogP contribution in [0.3, 0.4) is 0 Å². The Balaban J connectivity index is 1.78. The third kappa shape index (κ3) is 3.51. The Morgan fingerprint density at radius 2 is 2.17 bits per heavy atom. The number of para-hydroxylation sites is 1. The lowest BCUT2D eigenvalue weighted by Gasteiger charge is -2.14. The molecule has 2 aromatic rings. The number of alkyl halides is 3. The Morgan fingerprint density at radius 3 is 2.92 bits per heavy atom. The molecule has 1 saturated heterocycles. The normalized spacial score (nSPS) is 21.2. The summed E-state index contributed by atoms with van der Waals surface area (Å²) in [6.07, 6.45) is -3.93. The van der Waals surface area contributed by atoms with Crippen LogP contribution in [-0.4, -0.2) is 35.5 Å². The van der Waals surface area contributed by atoms with Crippen LogP contribution in [0.25, 0.3) is 0 Å². The topological polar surface area (TPSA) is 72.1 Å². The van der Waals surface area contributed by atoms with Gasteiger partial charge in [-0.05, 0) is 18.6 Å². The lowest BCUT2D eigenvalue weighted by atomic mass is 10.0. The predicted octanol–water partition coefficient (Wildman–Crippen LogP) is 3.29. The molecule has 1 aromatic heterocycles. The second-order valence-corrected chi connectivity index (χ2v) is 5.51. The van der Waals surface area contributed by atoms with E-state index in [-0.39, 0.29) is 23.7 Å². The predicted molar refractivity (Wildman–Crippen MR) is 79.8 cm³/mol. The van der Waals surface area contributed by atoms with E-state index in [0.717, 1.165) is 12.5 Å². The van der Waals surface area contributed by atoms with Crippen LogP contribution >= 0.6 is 0 Å². The molecule has 1 fully saturated rings. The first kappa shape index (κ1) is 16.7. The maximum atomic E-state index is 13.0. The van der Waals surface area contributed by atoms with Gasteiger partial charge in [0.2, 0.25) is 5.95 Å². The smallest absolute Gasteiger partial charge is 0.384 e. The van der Waals surface area contributed by atoms with Gasteiger partial charge < -0.3 is 14.8 Å². The third-order valence-corrected chi connectivity index (χ3v) is 3.85. The van der Waals surface area contributed by atoms with Crippen molar-refractivity contribution in [2.24, 2.45) is 5.92 Å². The average molecular weight is 342 g/mol. The summed E-state index contributed by atoms with van der Waals surface area (Å²) in [4.78, 5) is 4.22. The van der Waals surface area contributed by atoms with E-state index in [0.29, 0.717) is 19.0 Å². The first-order valence-electron chi connectivity index (χ1n) is 7.45. The second kappa shape index (κ2) is 6.78. The van der Waals surface area contributed by atoms with Crippen molar-refractivity contribution in [3.63, 3.8) is 0 Å². The van der Waals surface area contributed by atoms with Crippen molar-refractivity contribution in [2.75, 3.05) is 25.6 Å². The molecule has 0 saturated carbocycles. The van der Waals surface area contributed by atoms with E-state index in [4.69, 9.17) is 9.47 Å². The average Bonchev–Trinajstić information content (AvgIpc) is 3.16. The highest BCUT2D eigenvalue weighted by atomic mass is 19.4. The summed E-state index contributed by atoms with van der Waals surface area (Å²) >= 11 is 0. The lowest BCUT2D eigenvalue weighted by Crippen LogP contribution is -2.14. The van der Waals surface area contributed by atoms with E-state index in [1.54, 1.807) is 7.11 Å². The molecule has 24 heavy (non-hydrogen) atoms. The fourth-order valence-corrected chi connectivity index (χ4v) is 2.74. The van der Waals surface area contributed by atoms with E-state index in [1.165, 1.54) is 18.2 Å². The fourth-order valence-electron chi connectivity index (χ4n) is 2.74. The Hall–Kier alpha value is -2.13. The van der Waals surface area contributed by atoms with Gasteiger partial charge in [0, 0.05) is 19.6 Å². The molecule has 1 aliphatic heterocycles. The van der Waals surface area contributed by atoms with Crippen molar-refractivity contribution < 1.29 is 22.6 Å². The molecule has 2 atom stereocenters. The Morgan fingerprint density at radius 1 is 1.38 bits per heavy atom. The van der Waals surface area contributed by atoms with Crippen LogP contribution in [0.5, 0.6) is 0 Å². The summed E-state index contributed by atoms with van der Waals surface area (Å²) in [5, 5.41) is 9.28. The maximum Gasteiger partial charge on any atom is 0.418 e. The van der Waals surface area contributed by atoms with Crippen molar-refractivity contribution in [2.45, 2.75) is 18.7 Å². The molecule has 0 bridgehead atoms. The van der Waals surface area contributed by atoms with Gasteiger partial charge in [0.05, 0.1) is 17.9 Å². The molecule has 0 spiro atoms. The lowest BCUT2D eigenvalue weighted by molar-refractivity contribution is -0.136. The number of halogens is 3. The largest absolute Gasteiger partial charge is 0.418 e. The van der Waals surface area contributed by atoms with Crippen LogP contribution < -0.4 is 5.32 Å².